The van der Waals surface area contributed by atoms with Crippen LogP contribution in [-0.2, 0) is 0 Å². The number of carbonyl (C=O) groups excluding carboxylic acids is 1. The average Bonchev–Trinajstić information content (AvgIpc) is 3.17. The van der Waals surface area contributed by atoms with Crippen LogP contribution >= 0.6 is 0 Å². The van der Waals surface area contributed by atoms with Gasteiger partial charge in [-0.2, -0.15) is 0 Å². The Hall–Kier alpha value is -3.22. The molecule has 7 nitrogen and oxygen atoms in total. The maximum atomic E-state index is 12.5. The molecule has 120 valence electrons. The van der Waals surface area contributed by atoms with E-state index in [9.17, 15) is 4.79 Å². The molecule has 0 spiro atoms. The third-order valence-corrected chi connectivity index (χ3v) is 4.01. The van der Waals surface area contributed by atoms with Crippen molar-refractivity contribution in [3.8, 4) is 11.4 Å². The van der Waals surface area contributed by atoms with E-state index in [-0.39, 0.29) is 11.9 Å². The molecule has 24 heavy (non-hydrogen) atoms. The first-order valence-electron chi connectivity index (χ1n) is 7.67. The number of hydrogen-bond donors (Lipinski definition) is 1. The lowest BCUT2D eigenvalue weighted by atomic mass is 10.00. The van der Waals surface area contributed by atoms with Crippen LogP contribution in [0.5, 0.6) is 5.75 Å². The highest BCUT2D eigenvalue weighted by atomic mass is 16.5. The van der Waals surface area contributed by atoms with E-state index in [1.807, 2.05) is 36.4 Å². The summed E-state index contributed by atoms with van der Waals surface area (Å²) in [4.78, 5) is 12.5. The summed E-state index contributed by atoms with van der Waals surface area (Å²) in [5.41, 5.74) is 2.41. The Bertz CT molecular complexity index is 846. The Labute approximate surface area is 138 Å². The lowest BCUT2D eigenvalue weighted by molar-refractivity contribution is 0.0925. The molecule has 0 fully saturated rings. The lowest BCUT2D eigenvalue weighted by Crippen LogP contribution is -2.32. The van der Waals surface area contributed by atoms with E-state index < -0.39 is 0 Å². The lowest BCUT2D eigenvalue weighted by Gasteiger charge is -2.26. The molecule has 0 aliphatic carbocycles. The van der Waals surface area contributed by atoms with E-state index in [0.717, 1.165) is 23.4 Å². The van der Waals surface area contributed by atoms with Crippen molar-refractivity contribution in [2.24, 2.45) is 0 Å². The summed E-state index contributed by atoms with van der Waals surface area (Å²) >= 11 is 0. The minimum Gasteiger partial charge on any atom is -0.493 e. The second-order valence-electron chi connectivity index (χ2n) is 5.50. The fraction of sp³-hybridized carbons (Fsp3) is 0.176. The van der Waals surface area contributed by atoms with Crippen molar-refractivity contribution >= 4 is 5.91 Å². The van der Waals surface area contributed by atoms with E-state index in [0.29, 0.717) is 12.2 Å². The average molecular weight is 321 g/mol. The Balaban J connectivity index is 1.51. The van der Waals surface area contributed by atoms with Gasteiger partial charge in [-0.05, 0) is 40.8 Å². The number of fused-ring (bicyclic) bond motifs is 1. The molecule has 1 aliphatic rings. The van der Waals surface area contributed by atoms with Gasteiger partial charge >= 0.3 is 0 Å². The molecular formula is C17H15N5O2. The Morgan fingerprint density at radius 3 is 2.79 bits per heavy atom. The van der Waals surface area contributed by atoms with Crippen LogP contribution < -0.4 is 10.1 Å². The summed E-state index contributed by atoms with van der Waals surface area (Å²) in [5, 5.41) is 14.1. The van der Waals surface area contributed by atoms with Gasteiger partial charge in [0.05, 0.1) is 18.3 Å². The molecule has 0 saturated heterocycles. The van der Waals surface area contributed by atoms with Gasteiger partial charge in [-0.25, -0.2) is 4.68 Å². The highest BCUT2D eigenvalue weighted by Crippen LogP contribution is 2.31. The molecule has 1 amide bonds. The molecule has 7 heteroatoms. The Kier molecular flexibility index (Phi) is 3.66. The van der Waals surface area contributed by atoms with Crippen molar-refractivity contribution in [3.63, 3.8) is 0 Å². The first kappa shape index (κ1) is 14.4. The van der Waals surface area contributed by atoms with Crippen LogP contribution in [0.15, 0.2) is 54.9 Å². The van der Waals surface area contributed by atoms with Crippen LogP contribution in [0.4, 0.5) is 0 Å². The molecule has 0 bridgehead atoms. The molecule has 2 heterocycles. The quantitative estimate of drug-likeness (QED) is 0.797. The summed E-state index contributed by atoms with van der Waals surface area (Å²) in [6, 6.07) is 14.9. The van der Waals surface area contributed by atoms with Gasteiger partial charge in [0.2, 0.25) is 0 Å². The van der Waals surface area contributed by atoms with Gasteiger partial charge in [-0.1, -0.05) is 18.2 Å². The van der Waals surface area contributed by atoms with Gasteiger partial charge in [-0.3, -0.25) is 4.79 Å². The summed E-state index contributed by atoms with van der Waals surface area (Å²) in [6.45, 7) is 0.597. The van der Waals surface area contributed by atoms with Gasteiger partial charge in [0.25, 0.3) is 5.91 Å². The topological polar surface area (TPSA) is 81.9 Å². The number of nitrogens with zero attached hydrogens (tertiary/aromatic N) is 4. The molecule has 1 aliphatic heterocycles. The normalized spacial score (nSPS) is 16.1. The number of aromatic nitrogens is 4. The Morgan fingerprint density at radius 2 is 2.00 bits per heavy atom. The number of carbonyl (C=O) groups is 1. The van der Waals surface area contributed by atoms with E-state index in [4.69, 9.17) is 4.74 Å². The van der Waals surface area contributed by atoms with Crippen molar-refractivity contribution in [2.45, 2.75) is 12.5 Å². The molecule has 3 aromatic rings. The maximum Gasteiger partial charge on any atom is 0.251 e. The van der Waals surface area contributed by atoms with Crippen LogP contribution in [0.3, 0.4) is 0 Å². The maximum absolute atomic E-state index is 12.5. The molecule has 4 rings (SSSR count). The van der Waals surface area contributed by atoms with Gasteiger partial charge in [0.15, 0.2) is 0 Å². The largest absolute Gasteiger partial charge is 0.493 e. The van der Waals surface area contributed by atoms with Gasteiger partial charge in [-0.15, -0.1) is 5.10 Å². The zero-order valence-electron chi connectivity index (χ0n) is 12.8. The van der Waals surface area contributed by atoms with E-state index in [1.165, 1.54) is 11.0 Å². The molecule has 1 atom stereocenters. The molecule has 1 N–H and O–H groups in total. The first-order valence-corrected chi connectivity index (χ1v) is 7.67. The first-order chi connectivity index (χ1) is 11.8. The van der Waals surface area contributed by atoms with Crippen molar-refractivity contribution in [2.75, 3.05) is 6.61 Å². The number of benzene rings is 2. The van der Waals surface area contributed by atoms with Gasteiger partial charge < -0.3 is 10.1 Å². The van der Waals surface area contributed by atoms with Gasteiger partial charge in [0, 0.05) is 17.5 Å². The molecular weight excluding hydrogens is 306 g/mol. The van der Waals surface area contributed by atoms with Crippen LogP contribution in [0, 0.1) is 0 Å². The number of para-hydroxylation sites is 1. The summed E-state index contributed by atoms with van der Waals surface area (Å²) < 4.78 is 7.16. The van der Waals surface area contributed by atoms with E-state index in [1.54, 1.807) is 12.1 Å². The van der Waals surface area contributed by atoms with Crippen molar-refractivity contribution in [1.82, 2.24) is 25.5 Å². The third-order valence-electron chi connectivity index (χ3n) is 4.01. The number of amides is 1. The van der Waals surface area contributed by atoms with Crippen LogP contribution in [-0.4, -0.2) is 32.7 Å². The van der Waals surface area contributed by atoms with Crippen LogP contribution in [0.25, 0.3) is 5.69 Å². The monoisotopic (exact) mass is 321 g/mol. The molecule has 0 saturated carbocycles. The minimum absolute atomic E-state index is 0.0401. The number of rotatable bonds is 3. The zero-order chi connectivity index (χ0) is 16.4. The predicted octanol–water partition coefficient (Wildman–Crippen LogP) is 1.92. The summed E-state index contributed by atoms with van der Waals surface area (Å²) in [6.07, 6.45) is 2.26. The molecule has 0 radical (unpaired) electrons. The van der Waals surface area contributed by atoms with Crippen molar-refractivity contribution in [1.29, 1.82) is 0 Å². The fourth-order valence-corrected chi connectivity index (χ4v) is 2.78. The summed E-state index contributed by atoms with van der Waals surface area (Å²) in [5.74, 6) is 0.725. The second-order valence-corrected chi connectivity index (χ2v) is 5.50. The van der Waals surface area contributed by atoms with Crippen molar-refractivity contribution < 1.29 is 9.53 Å². The highest BCUT2D eigenvalue weighted by molar-refractivity contribution is 5.94. The highest BCUT2D eigenvalue weighted by Gasteiger charge is 2.23. The molecule has 0 unspecified atom stereocenters. The number of tetrazole rings is 1. The van der Waals surface area contributed by atoms with Gasteiger partial charge in [0.1, 0.15) is 12.1 Å². The number of ether oxygens (including phenoxy) is 1. The van der Waals surface area contributed by atoms with E-state index >= 15 is 0 Å². The Morgan fingerprint density at radius 1 is 1.17 bits per heavy atom. The molecule has 1 aromatic heterocycles. The summed E-state index contributed by atoms with van der Waals surface area (Å²) in [7, 11) is 0. The predicted molar refractivity (Wildman–Crippen MR) is 85.9 cm³/mol. The molecule has 2 aromatic carbocycles. The third kappa shape index (κ3) is 2.71. The zero-order valence-corrected chi connectivity index (χ0v) is 12.8. The number of nitrogens with one attached hydrogen (secondary N) is 1. The minimum atomic E-state index is -0.111. The number of hydrogen-bond acceptors (Lipinski definition) is 5. The van der Waals surface area contributed by atoms with Crippen molar-refractivity contribution in [3.05, 3.63) is 66.0 Å². The SMILES string of the molecule is O=C(N[C@@H]1CCOc2ccccc21)c1ccc(-n2cnnn2)cc1. The fourth-order valence-electron chi connectivity index (χ4n) is 2.78. The van der Waals surface area contributed by atoms with Crippen LogP contribution in [0.2, 0.25) is 0 Å². The standard InChI is InChI=1S/C17H15N5O2/c23-17(12-5-7-13(8-6-12)22-11-18-20-21-22)19-15-9-10-24-16-4-2-1-3-14(15)16/h1-8,11,15H,9-10H2,(H,19,23)/t15-/m1/s1. The van der Waals surface area contributed by atoms with E-state index in [2.05, 4.69) is 20.8 Å². The van der Waals surface area contributed by atoms with Crippen LogP contribution in [0.1, 0.15) is 28.4 Å². The smallest absolute Gasteiger partial charge is 0.251 e. The second kappa shape index (κ2) is 6.11.